The van der Waals surface area contributed by atoms with E-state index in [0.29, 0.717) is 0 Å². The standard InChI is InChI=1S/C8H11NO5/c9-8(7(13)14)1-2(10)3-4(5(3)8)6(11)12/h2-5,10H,1,9H2,(H,11,12)(H,13,14)/t2-,3?,4-,5-,8-/m0/s1. The summed E-state index contributed by atoms with van der Waals surface area (Å²) in [5, 5.41) is 27.0. The maximum atomic E-state index is 10.8. The van der Waals surface area contributed by atoms with Gasteiger partial charge in [-0.2, -0.15) is 0 Å². The fourth-order valence-corrected chi connectivity index (χ4v) is 2.64. The van der Waals surface area contributed by atoms with E-state index in [1.807, 2.05) is 0 Å². The van der Waals surface area contributed by atoms with Crippen molar-refractivity contribution in [3.8, 4) is 0 Å². The maximum Gasteiger partial charge on any atom is 0.324 e. The molecule has 0 radical (unpaired) electrons. The zero-order chi connectivity index (χ0) is 10.7. The normalized spacial score (nSPS) is 49.9. The molecule has 0 heterocycles. The zero-order valence-electron chi connectivity index (χ0n) is 7.25. The van der Waals surface area contributed by atoms with Gasteiger partial charge in [-0.05, 0) is 0 Å². The van der Waals surface area contributed by atoms with Gasteiger partial charge in [-0.25, -0.2) is 0 Å². The minimum absolute atomic E-state index is 0.0541. The van der Waals surface area contributed by atoms with E-state index in [-0.39, 0.29) is 6.42 Å². The fraction of sp³-hybridized carbons (Fsp3) is 0.750. The van der Waals surface area contributed by atoms with Crippen molar-refractivity contribution in [1.29, 1.82) is 0 Å². The second-order valence-corrected chi connectivity index (χ2v) is 4.08. The van der Waals surface area contributed by atoms with Gasteiger partial charge in [0, 0.05) is 18.3 Å². The van der Waals surface area contributed by atoms with Gasteiger partial charge in [-0.3, -0.25) is 9.59 Å². The molecular formula is C8H11NO5. The molecule has 2 saturated carbocycles. The molecule has 78 valence electrons. The van der Waals surface area contributed by atoms with Crippen LogP contribution in [0, 0.1) is 17.8 Å². The third kappa shape index (κ3) is 0.921. The van der Waals surface area contributed by atoms with E-state index in [1.165, 1.54) is 0 Å². The summed E-state index contributed by atoms with van der Waals surface area (Å²) in [4.78, 5) is 21.5. The van der Waals surface area contributed by atoms with Crippen LogP contribution in [0.25, 0.3) is 0 Å². The Balaban J connectivity index is 2.26. The van der Waals surface area contributed by atoms with E-state index < -0.39 is 41.3 Å². The molecular weight excluding hydrogens is 190 g/mol. The van der Waals surface area contributed by atoms with Gasteiger partial charge >= 0.3 is 11.9 Å². The molecule has 6 heteroatoms. The molecule has 5 atom stereocenters. The Morgan fingerprint density at radius 2 is 1.93 bits per heavy atom. The van der Waals surface area contributed by atoms with Crippen molar-refractivity contribution in [2.45, 2.75) is 18.1 Å². The van der Waals surface area contributed by atoms with Crippen molar-refractivity contribution in [2.75, 3.05) is 0 Å². The first-order chi connectivity index (χ1) is 6.39. The number of fused-ring (bicyclic) bond motifs is 1. The second kappa shape index (κ2) is 2.46. The largest absolute Gasteiger partial charge is 0.481 e. The van der Waals surface area contributed by atoms with Gasteiger partial charge in [0.15, 0.2) is 0 Å². The number of nitrogens with two attached hydrogens (primary N) is 1. The van der Waals surface area contributed by atoms with Crippen LogP contribution in [0.1, 0.15) is 6.42 Å². The Labute approximate surface area is 79.3 Å². The second-order valence-electron chi connectivity index (χ2n) is 4.08. The highest BCUT2D eigenvalue weighted by atomic mass is 16.4. The highest BCUT2D eigenvalue weighted by Crippen LogP contribution is 2.61. The van der Waals surface area contributed by atoms with E-state index in [2.05, 4.69) is 0 Å². The number of aliphatic carboxylic acids is 2. The maximum absolute atomic E-state index is 10.8. The summed E-state index contributed by atoms with van der Waals surface area (Å²) in [7, 11) is 0. The lowest BCUT2D eigenvalue weighted by Crippen LogP contribution is -2.50. The Hall–Kier alpha value is -1.14. The quantitative estimate of drug-likeness (QED) is 0.430. The Morgan fingerprint density at radius 3 is 2.29 bits per heavy atom. The predicted molar refractivity (Wildman–Crippen MR) is 43.3 cm³/mol. The van der Waals surface area contributed by atoms with Gasteiger partial charge in [0.05, 0.1) is 12.0 Å². The third-order valence-corrected chi connectivity index (χ3v) is 3.34. The first-order valence-corrected chi connectivity index (χ1v) is 4.32. The van der Waals surface area contributed by atoms with E-state index >= 15 is 0 Å². The highest BCUT2D eigenvalue weighted by Gasteiger charge is 2.73. The molecule has 0 aromatic carbocycles. The van der Waals surface area contributed by atoms with Crippen LogP contribution in [-0.4, -0.2) is 38.9 Å². The minimum Gasteiger partial charge on any atom is -0.481 e. The molecule has 1 unspecified atom stereocenters. The molecule has 2 fully saturated rings. The molecule has 2 aliphatic carbocycles. The topological polar surface area (TPSA) is 121 Å². The van der Waals surface area contributed by atoms with Crippen molar-refractivity contribution < 1.29 is 24.9 Å². The van der Waals surface area contributed by atoms with Crippen LogP contribution in [0.4, 0.5) is 0 Å². The lowest BCUT2D eigenvalue weighted by Gasteiger charge is -2.22. The third-order valence-electron chi connectivity index (χ3n) is 3.34. The van der Waals surface area contributed by atoms with Crippen LogP contribution >= 0.6 is 0 Å². The molecule has 0 bridgehead atoms. The molecule has 0 spiro atoms. The van der Waals surface area contributed by atoms with E-state index in [0.717, 1.165) is 0 Å². The number of hydrogen-bond acceptors (Lipinski definition) is 4. The molecule has 0 amide bonds. The van der Waals surface area contributed by atoms with Gasteiger partial charge in [0.1, 0.15) is 5.54 Å². The van der Waals surface area contributed by atoms with Crippen LogP contribution in [0.3, 0.4) is 0 Å². The Kier molecular flexibility index (Phi) is 1.65. The number of aliphatic hydroxyl groups excluding tert-OH is 1. The number of rotatable bonds is 2. The lowest BCUT2D eigenvalue weighted by molar-refractivity contribution is -0.146. The van der Waals surface area contributed by atoms with Gasteiger partial charge < -0.3 is 21.1 Å². The molecule has 5 N–H and O–H groups in total. The zero-order valence-corrected chi connectivity index (χ0v) is 7.25. The molecule has 2 aliphatic rings. The molecule has 0 aliphatic heterocycles. The molecule has 0 aromatic rings. The Bertz CT molecular complexity index is 317. The van der Waals surface area contributed by atoms with Gasteiger partial charge in [-0.15, -0.1) is 0 Å². The molecule has 0 aromatic heterocycles. The number of carboxylic acid groups (broad SMARTS) is 2. The van der Waals surface area contributed by atoms with Crippen LogP contribution in [0.15, 0.2) is 0 Å². The van der Waals surface area contributed by atoms with Gasteiger partial charge in [0.2, 0.25) is 0 Å². The summed E-state index contributed by atoms with van der Waals surface area (Å²) >= 11 is 0. The van der Waals surface area contributed by atoms with Gasteiger partial charge in [-0.1, -0.05) is 0 Å². The SMILES string of the molecule is N[C@@]1(C(=O)O)C[C@H](O)C2[C@H](C(=O)O)[C@H]21. The molecule has 6 nitrogen and oxygen atoms in total. The number of carbonyl (C=O) groups is 2. The number of carboxylic acids is 2. The smallest absolute Gasteiger partial charge is 0.324 e. The molecule has 2 rings (SSSR count). The van der Waals surface area contributed by atoms with E-state index in [9.17, 15) is 14.7 Å². The first kappa shape index (κ1) is 9.42. The summed E-state index contributed by atoms with van der Waals surface area (Å²) in [6.45, 7) is 0. The monoisotopic (exact) mass is 201 g/mol. The van der Waals surface area contributed by atoms with E-state index in [1.54, 1.807) is 0 Å². The van der Waals surface area contributed by atoms with Gasteiger partial charge in [0.25, 0.3) is 0 Å². The van der Waals surface area contributed by atoms with E-state index in [4.69, 9.17) is 15.9 Å². The van der Waals surface area contributed by atoms with Crippen LogP contribution < -0.4 is 5.73 Å². The number of hydrogen-bond donors (Lipinski definition) is 4. The van der Waals surface area contributed by atoms with Crippen molar-refractivity contribution >= 4 is 11.9 Å². The summed E-state index contributed by atoms with van der Waals surface area (Å²) in [6, 6.07) is 0. The Morgan fingerprint density at radius 1 is 1.36 bits per heavy atom. The predicted octanol–water partition coefficient (Wildman–Crippen LogP) is -1.52. The average molecular weight is 201 g/mol. The molecule has 0 saturated heterocycles. The average Bonchev–Trinajstić information content (AvgIpc) is 2.72. The number of aliphatic hydroxyl groups is 1. The lowest BCUT2D eigenvalue weighted by atomic mass is 9.91. The van der Waals surface area contributed by atoms with Crippen molar-refractivity contribution in [3.05, 3.63) is 0 Å². The first-order valence-electron chi connectivity index (χ1n) is 4.32. The van der Waals surface area contributed by atoms with Crippen LogP contribution in [-0.2, 0) is 9.59 Å². The van der Waals surface area contributed by atoms with Crippen molar-refractivity contribution in [3.63, 3.8) is 0 Å². The fourth-order valence-electron chi connectivity index (χ4n) is 2.64. The summed E-state index contributed by atoms with van der Waals surface area (Å²) < 4.78 is 0. The van der Waals surface area contributed by atoms with Crippen LogP contribution in [0.2, 0.25) is 0 Å². The van der Waals surface area contributed by atoms with Crippen LogP contribution in [0.5, 0.6) is 0 Å². The summed E-state index contributed by atoms with van der Waals surface area (Å²) in [5.41, 5.74) is 4.02. The highest BCUT2D eigenvalue weighted by molar-refractivity contribution is 5.85. The summed E-state index contributed by atoms with van der Waals surface area (Å²) in [5.74, 6) is -4.19. The summed E-state index contributed by atoms with van der Waals surface area (Å²) in [6.07, 6.45) is -0.955. The molecule has 14 heavy (non-hydrogen) atoms. The van der Waals surface area contributed by atoms with Crippen molar-refractivity contribution in [2.24, 2.45) is 23.5 Å². The van der Waals surface area contributed by atoms with Crippen molar-refractivity contribution in [1.82, 2.24) is 0 Å². The minimum atomic E-state index is -1.56.